The number of H-pyrrole nitrogens is 1. The van der Waals surface area contributed by atoms with Crippen molar-refractivity contribution in [2.45, 2.75) is 19.8 Å². The van der Waals surface area contributed by atoms with E-state index in [1.165, 1.54) is 32.5 Å². The lowest BCUT2D eigenvalue weighted by Crippen LogP contribution is -2.35. The van der Waals surface area contributed by atoms with E-state index in [-0.39, 0.29) is 0 Å². The highest BCUT2D eigenvalue weighted by Gasteiger charge is 2.18. The van der Waals surface area contributed by atoms with Gasteiger partial charge in [0.25, 0.3) is 0 Å². The molecule has 6 heteroatoms. The summed E-state index contributed by atoms with van der Waals surface area (Å²) in [7, 11) is 0. The molecule has 0 radical (unpaired) electrons. The van der Waals surface area contributed by atoms with Crippen molar-refractivity contribution in [3.8, 4) is 0 Å². The number of hydrogen-bond acceptors (Lipinski definition) is 5. The fourth-order valence-corrected chi connectivity index (χ4v) is 2.65. The first-order valence-corrected chi connectivity index (χ1v) is 6.97. The number of nitrogens with one attached hydrogen (secondary N) is 2. The average Bonchev–Trinajstić information content (AvgIpc) is 2.94. The van der Waals surface area contributed by atoms with Gasteiger partial charge in [-0.25, -0.2) is 15.0 Å². The first kappa shape index (κ1) is 12.3. The molecule has 0 saturated carbocycles. The third kappa shape index (κ3) is 2.68. The van der Waals surface area contributed by atoms with Crippen LogP contribution in [-0.4, -0.2) is 51.0 Å². The van der Waals surface area contributed by atoms with Crippen LogP contribution in [0.5, 0.6) is 0 Å². The van der Waals surface area contributed by atoms with E-state index >= 15 is 0 Å². The minimum absolute atomic E-state index is 0.721. The van der Waals surface area contributed by atoms with Gasteiger partial charge in [-0.1, -0.05) is 6.92 Å². The molecule has 0 atom stereocenters. The van der Waals surface area contributed by atoms with Crippen molar-refractivity contribution in [2.24, 2.45) is 5.92 Å². The van der Waals surface area contributed by atoms with Gasteiger partial charge in [0.15, 0.2) is 11.5 Å². The molecule has 2 aromatic rings. The van der Waals surface area contributed by atoms with Crippen LogP contribution in [0.15, 0.2) is 12.7 Å². The second-order valence-corrected chi connectivity index (χ2v) is 5.08. The lowest BCUT2D eigenvalue weighted by Gasteiger charge is -2.31. The van der Waals surface area contributed by atoms with Crippen LogP contribution in [0, 0.1) is 5.92 Å². The molecule has 1 saturated heterocycles. The van der Waals surface area contributed by atoms with Crippen LogP contribution in [0.1, 0.15) is 19.8 Å². The number of nitrogens with zero attached hydrogens (tertiary/aromatic N) is 4. The second kappa shape index (κ2) is 5.52. The molecule has 2 N–H and O–H groups in total. The Labute approximate surface area is 112 Å². The zero-order chi connectivity index (χ0) is 13.1. The van der Waals surface area contributed by atoms with E-state index in [1.807, 2.05) is 0 Å². The minimum atomic E-state index is 0.721. The lowest BCUT2D eigenvalue weighted by molar-refractivity contribution is 0.198. The summed E-state index contributed by atoms with van der Waals surface area (Å²) < 4.78 is 0. The summed E-state index contributed by atoms with van der Waals surface area (Å²) in [6.45, 7) is 6.80. The molecule has 0 amide bonds. The van der Waals surface area contributed by atoms with Gasteiger partial charge in [-0.3, -0.25) is 0 Å². The molecular weight excluding hydrogens is 240 g/mol. The lowest BCUT2D eigenvalue weighted by atomic mass is 9.97. The maximum absolute atomic E-state index is 4.29. The summed E-state index contributed by atoms with van der Waals surface area (Å²) >= 11 is 0. The average molecular weight is 260 g/mol. The molecule has 1 fully saturated rings. The van der Waals surface area contributed by atoms with Crippen LogP contribution < -0.4 is 5.32 Å². The highest BCUT2D eigenvalue weighted by molar-refractivity contribution is 5.81. The third-order valence-corrected chi connectivity index (χ3v) is 3.94. The Kier molecular flexibility index (Phi) is 3.59. The third-order valence-electron chi connectivity index (χ3n) is 3.94. The van der Waals surface area contributed by atoms with Gasteiger partial charge in [0.1, 0.15) is 11.8 Å². The van der Waals surface area contributed by atoms with Gasteiger partial charge in [0, 0.05) is 6.54 Å². The Hall–Kier alpha value is -1.69. The largest absolute Gasteiger partial charge is 0.368 e. The Bertz CT molecular complexity index is 529. The topological polar surface area (TPSA) is 69.7 Å². The molecule has 0 spiro atoms. The Morgan fingerprint density at radius 3 is 2.95 bits per heavy atom. The highest BCUT2D eigenvalue weighted by Crippen LogP contribution is 2.19. The number of hydrogen-bond donors (Lipinski definition) is 2. The van der Waals surface area contributed by atoms with E-state index in [1.54, 1.807) is 12.7 Å². The smallest absolute Gasteiger partial charge is 0.182 e. The van der Waals surface area contributed by atoms with E-state index in [0.717, 1.165) is 29.4 Å². The van der Waals surface area contributed by atoms with Crippen LogP contribution >= 0.6 is 0 Å². The van der Waals surface area contributed by atoms with E-state index in [2.05, 4.69) is 37.1 Å². The number of fused-ring (bicyclic) bond motifs is 1. The van der Waals surface area contributed by atoms with Crippen LogP contribution in [-0.2, 0) is 0 Å². The molecule has 0 aromatic carbocycles. The summed E-state index contributed by atoms with van der Waals surface area (Å²) in [5.74, 6) is 1.59. The molecule has 0 unspecified atom stereocenters. The van der Waals surface area contributed by atoms with E-state index in [4.69, 9.17) is 0 Å². The van der Waals surface area contributed by atoms with Gasteiger partial charge in [-0.05, 0) is 38.4 Å². The molecule has 1 aliphatic heterocycles. The number of imidazole rings is 1. The predicted octanol–water partition coefficient (Wildman–Crippen LogP) is 1.50. The van der Waals surface area contributed by atoms with Gasteiger partial charge >= 0.3 is 0 Å². The normalized spacial score (nSPS) is 17.9. The molecule has 2 aromatic heterocycles. The van der Waals surface area contributed by atoms with E-state index < -0.39 is 0 Å². The Morgan fingerprint density at radius 2 is 2.16 bits per heavy atom. The summed E-state index contributed by atoms with van der Waals surface area (Å²) in [6.07, 6.45) is 5.74. The van der Waals surface area contributed by atoms with Crippen molar-refractivity contribution < 1.29 is 0 Å². The maximum Gasteiger partial charge on any atom is 0.182 e. The van der Waals surface area contributed by atoms with Gasteiger partial charge in [-0.15, -0.1) is 0 Å². The zero-order valence-electron chi connectivity index (χ0n) is 11.3. The molecular formula is C13H20N6. The summed E-state index contributed by atoms with van der Waals surface area (Å²) in [6, 6.07) is 0. The summed E-state index contributed by atoms with van der Waals surface area (Å²) in [4.78, 5) is 18.1. The zero-order valence-corrected chi connectivity index (χ0v) is 11.3. The Balaban J connectivity index is 1.59. The maximum atomic E-state index is 4.29. The van der Waals surface area contributed by atoms with Crippen molar-refractivity contribution in [3.63, 3.8) is 0 Å². The second-order valence-electron chi connectivity index (χ2n) is 5.08. The molecule has 0 aliphatic carbocycles. The SMILES string of the molecule is CCN1CCC(CNc2ncnc3nc[nH]c23)CC1. The number of aromatic amines is 1. The standard InChI is InChI=1S/C13H20N6/c1-2-19-5-3-10(4-6-19)7-14-12-11-13(16-8-15-11)18-9-17-12/h8-10H,2-7H2,1H3,(H2,14,15,16,17,18). The monoisotopic (exact) mass is 260 g/mol. The van der Waals surface area contributed by atoms with Gasteiger partial charge in [-0.2, -0.15) is 0 Å². The first-order valence-electron chi connectivity index (χ1n) is 6.97. The fraction of sp³-hybridized carbons (Fsp3) is 0.615. The quantitative estimate of drug-likeness (QED) is 0.871. The minimum Gasteiger partial charge on any atom is -0.368 e. The van der Waals surface area contributed by atoms with E-state index in [0.29, 0.717) is 0 Å². The Morgan fingerprint density at radius 1 is 1.32 bits per heavy atom. The number of rotatable bonds is 4. The molecule has 3 rings (SSSR count). The molecule has 19 heavy (non-hydrogen) atoms. The van der Waals surface area contributed by atoms with Crippen molar-refractivity contribution in [2.75, 3.05) is 31.5 Å². The van der Waals surface area contributed by atoms with Crippen LogP contribution in [0.25, 0.3) is 11.2 Å². The molecule has 3 heterocycles. The number of piperidine rings is 1. The van der Waals surface area contributed by atoms with Crippen LogP contribution in [0.2, 0.25) is 0 Å². The molecule has 1 aliphatic rings. The predicted molar refractivity (Wildman–Crippen MR) is 75.0 cm³/mol. The summed E-state index contributed by atoms with van der Waals surface area (Å²) in [5.41, 5.74) is 1.62. The van der Waals surface area contributed by atoms with Crippen LogP contribution in [0.4, 0.5) is 5.82 Å². The summed E-state index contributed by atoms with van der Waals surface area (Å²) in [5, 5.41) is 3.44. The molecule has 102 valence electrons. The van der Waals surface area contributed by atoms with Gasteiger partial charge in [0.2, 0.25) is 0 Å². The number of likely N-dealkylation sites (tertiary alicyclic amines) is 1. The number of anilines is 1. The molecule has 6 nitrogen and oxygen atoms in total. The number of aromatic nitrogens is 4. The first-order chi connectivity index (χ1) is 9.36. The fourth-order valence-electron chi connectivity index (χ4n) is 2.65. The van der Waals surface area contributed by atoms with Crippen molar-refractivity contribution >= 4 is 17.0 Å². The van der Waals surface area contributed by atoms with Crippen molar-refractivity contribution in [1.82, 2.24) is 24.8 Å². The van der Waals surface area contributed by atoms with E-state index in [9.17, 15) is 0 Å². The van der Waals surface area contributed by atoms with Crippen molar-refractivity contribution in [1.29, 1.82) is 0 Å². The van der Waals surface area contributed by atoms with Gasteiger partial charge < -0.3 is 15.2 Å². The highest BCUT2D eigenvalue weighted by atomic mass is 15.1. The van der Waals surface area contributed by atoms with Crippen molar-refractivity contribution in [3.05, 3.63) is 12.7 Å². The van der Waals surface area contributed by atoms with Gasteiger partial charge in [0.05, 0.1) is 6.33 Å². The molecule has 0 bridgehead atoms. The van der Waals surface area contributed by atoms with Crippen LogP contribution in [0.3, 0.4) is 0 Å².